The maximum atomic E-state index is 4.83. The van der Waals surface area contributed by atoms with E-state index in [9.17, 15) is 0 Å². The maximum Gasteiger partial charge on any atom is 0.108 e. The third-order valence-corrected chi connectivity index (χ3v) is 5.04. The fraction of sp³-hybridized carbons (Fsp3) is 0.182. The van der Waals surface area contributed by atoms with Gasteiger partial charge in [-0.25, -0.2) is 0 Å². The molecule has 0 spiro atoms. The Labute approximate surface area is 162 Å². The summed E-state index contributed by atoms with van der Waals surface area (Å²) < 4.78 is 0. The number of nitrogens with one attached hydrogen (secondary N) is 1. The van der Waals surface area contributed by atoms with Crippen LogP contribution in [0.5, 0.6) is 0 Å². The van der Waals surface area contributed by atoms with Crippen LogP contribution in [0.2, 0.25) is 0 Å². The van der Waals surface area contributed by atoms with Crippen molar-refractivity contribution in [2.45, 2.75) is 25.7 Å². The normalized spacial score (nSPS) is 15.1. The molecule has 1 aliphatic rings. The molecule has 1 aromatic carbocycles. The van der Waals surface area contributed by atoms with Crippen LogP contribution in [0, 0.1) is 18.8 Å². The number of hydrogen-bond donors (Lipinski definition) is 1. The standard InChI is InChI=1S/C22H18N6/c1-15-21(11-16(12-23-15)7-8-17-13-24-25-14-17)28-26-20-10-9-19(22(20)27-28)18-5-3-2-4-6-18/h2-6,11-14,19H,9-10H2,1H3,(H,24,25). The van der Waals surface area contributed by atoms with Gasteiger partial charge in [0.2, 0.25) is 0 Å². The van der Waals surface area contributed by atoms with E-state index in [4.69, 9.17) is 10.2 Å². The van der Waals surface area contributed by atoms with Crippen LogP contribution in [-0.4, -0.2) is 30.2 Å². The van der Waals surface area contributed by atoms with E-state index in [0.717, 1.165) is 46.7 Å². The van der Waals surface area contributed by atoms with Crippen molar-refractivity contribution in [2.24, 2.45) is 0 Å². The summed E-state index contributed by atoms with van der Waals surface area (Å²) in [5, 5.41) is 16.3. The SMILES string of the molecule is Cc1ncc(C#Cc2cn[nH]c2)cc1-n1nc2c(n1)C(c1ccccc1)CC2. The largest absolute Gasteiger partial charge is 0.284 e. The summed E-state index contributed by atoms with van der Waals surface area (Å²) in [5.41, 5.74) is 6.83. The van der Waals surface area contributed by atoms with Gasteiger partial charge in [0.15, 0.2) is 0 Å². The molecular weight excluding hydrogens is 348 g/mol. The molecule has 0 fully saturated rings. The Hall–Kier alpha value is -3.72. The molecule has 136 valence electrons. The first-order valence-corrected chi connectivity index (χ1v) is 9.27. The minimum Gasteiger partial charge on any atom is -0.284 e. The lowest BCUT2D eigenvalue weighted by Gasteiger charge is -2.09. The van der Waals surface area contributed by atoms with E-state index in [-0.39, 0.29) is 0 Å². The van der Waals surface area contributed by atoms with E-state index < -0.39 is 0 Å². The van der Waals surface area contributed by atoms with Crippen LogP contribution in [0.25, 0.3) is 5.69 Å². The van der Waals surface area contributed by atoms with Crippen LogP contribution in [0.3, 0.4) is 0 Å². The second-order valence-electron chi connectivity index (χ2n) is 6.89. The molecule has 0 amide bonds. The zero-order chi connectivity index (χ0) is 18.9. The molecule has 0 aliphatic heterocycles. The number of pyridine rings is 1. The molecule has 0 bridgehead atoms. The van der Waals surface area contributed by atoms with E-state index in [2.05, 4.69) is 51.3 Å². The Bertz CT molecular complexity index is 1180. The summed E-state index contributed by atoms with van der Waals surface area (Å²) in [7, 11) is 0. The number of hydrogen-bond acceptors (Lipinski definition) is 4. The molecule has 5 rings (SSSR count). The lowest BCUT2D eigenvalue weighted by atomic mass is 9.97. The van der Waals surface area contributed by atoms with Crippen LogP contribution < -0.4 is 0 Å². The molecular formula is C22H18N6. The number of fused-ring (bicyclic) bond motifs is 1. The highest BCUT2D eigenvalue weighted by Crippen LogP contribution is 2.36. The zero-order valence-electron chi connectivity index (χ0n) is 15.4. The van der Waals surface area contributed by atoms with E-state index in [1.54, 1.807) is 23.4 Å². The van der Waals surface area contributed by atoms with Crippen molar-refractivity contribution in [1.29, 1.82) is 0 Å². The monoisotopic (exact) mass is 366 g/mol. The molecule has 3 heterocycles. The van der Waals surface area contributed by atoms with Crippen molar-refractivity contribution in [3.8, 4) is 17.5 Å². The van der Waals surface area contributed by atoms with Crippen LogP contribution in [0.15, 0.2) is 55.0 Å². The Kier molecular flexibility index (Phi) is 3.99. The number of rotatable bonds is 2. The molecule has 1 N–H and O–H groups in total. The predicted octanol–water partition coefficient (Wildman–Crippen LogP) is 3.17. The molecule has 6 nitrogen and oxygen atoms in total. The molecule has 0 radical (unpaired) electrons. The number of H-pyrrole nitrogens is 1. The van der Waals surface area contributed by atoms with E-state index in [1.165, 1.54) is 5.56 Å². The Morgan fingerprint density at radius 1 is 1.07 bits per heavy atom. The molecule has 6 heteroatoms. The average Bonchev–Trinajstić information content (AvgIpc) is 3.45. The number of aromatic amines is 1. The summed E-state index contributed by atoms with van der Waals surface area (Å²) >= 11 is 0. The van der Waals surface area contributed by atoms with Crippen LogP contribution >= 0.6 is 0 Å². The molecule has 3 aromatic heterocycles. The van der Waals surface area contributed by atoms with Crippen molar-refractivity contribution < 1.29 is 0 Å². The Balaban J connectivity index is 1.50. The van der Waals surface area contributed by atoms with E-state index in [1.807, 2.05) is 19.1 Å². The first-order chi connectivity index (χ1) is 13.8. The first kappa shape index (κ1) is 16.5. The van der Waals surface area contributed by atoms with Crippen molar-refractivity contribution >= 4 is 0 Å². The first-order valence-electron chi connectivity index (χ1n) is 9.27. The second kappa shape index (κ2) is 6.78. The van der Waals surface area contributed by atoms with Gasteiger partial charge in [0, 0.05) is 23.9 Å². The van der Waals surface area contributed by atoms with Crippen molar-refractivity contribution in [3.05, 3.63) is 88.8 Å². The van der Waals surface area contributed by atoms with Gasteiger partial charge in [-0.05, 0) is 31.4 Å². The molecule has 1 unspecified atom stereocenters. The van der Waals surface area contributed by atoms with Gasteiger partial charge in [-0.3, -0.25) is 10.1 Å². The lowest BCUT2D eigenvalue weighted by molar-refractivity contribution is 0.666. The van der Waals surface area contributed by atoms with Crippen LogP contribution in [-0.2, 0) is 6.42 Å². The summed E-state index contributed by atoms with van der Waals surface area (Å²) in [6, 6.07) is 12.5. The van der Waals surface area contributed by atoms with Gasteiger partial charge in [0.1, 0.15) is 5.69 Å². The molecule has 1 aliphatic carbocycles. The van der Waals surface area contributed by atoms with Gasteiger partial charge < -0.3 is 0 Å². The molecule has 1 atom stereocenters. The van der Waals surface area contributed by atoms with Gasteiger partial charge in [0.05, 0.1) is 28.8 Å². The molecule has 0 saturated heterocycles. The van der Waals surface area contributed by atoms with Gasteiger partial charge >= 0.3 is 0 Å². The fourth-order valence-electron chi connectivity index (χ4n) is 3.59. The average molecular weight is 366 g/mol. The quantitative estimate of drug-likeness (QED) is 0.553. The number of benzene rings is 1. The summed E-state index contributed by atoms with van der Waals surface area (Å²) in [5.74, 6) is 6.51. The lowest BCUT2D eigenvalue weighted by Crippen LogP contribution is -2.06. The fourth-order valence-corrected chi connectivity index (χ4v) is 3.59. The van der Waals surface area contributed by atoms with Crippen molar-refractivity contribution in [1.82, 2.24) is 30.2 Å². The molecule has 4 aromatic rings. The number of nitrogens with zero attached hydrogens (tertiary/aromatic N) is 5. The highest BCUT2D eigenvalue weighted by atomic mass is 15.5. The van der Waals surface area contributed by atoms with Crippen LogP contribution in [0.1, 0.15) is 46.1 Å². The molecule has 28 heavy (non-hydrogen) atoms. The minimum atomic E-state index is 0.308. The van der Waals surface area contributed by atoms with Gasteiger partial charge in [-0.1, -0.05) is 42.2 Å². The summed E-state index contributed by atoms with van der Waals surface area (Å²) in [6.07, 6.45) is 7.23. The second-order valence-corrected chi connectivity index (χ2v) is 6.89. The number of aryl methyl sites for hydroxylation is 2. The van der Waals surface area contributed by atoms with Gasteiger partial charge in [-0.15, -0.1) is 4.80 Å². The van der Waals surface area contributed by atoms with Crippen LogP contribution in [0.4, 0.5) is 0 Å². The maximum absolute atomic E-state index is 4.83. The Morgan fingerprint density at radius 2 is 1.93 bits per heavy atom. The number of aromatic nitrogens is 6. The predicted molar refractivity (Wildman–Crippen MR) is 105 cm³/mol. The minimum absolute atomic E-state index is 0.308. The highest BCUT2D eigenvalue weighted by molar-refractivity contribution is 5.47. The zero-order valence-corrected chi connectivity index (χ0v) is 15.4. The smallest absolute Gasteiger partial charge is 0.108 e. The summed E-state index contributed by atoms with van der Waals surface area (Å²) in [6.45, 7) is 1.96. The topological polar surface area (TPSA) is 72.3 Å². The third kappa shape index (κ3) is 2.97. The van der Waals surface area contributed by atoms with Crippen molar-refractivity contribution in [2.75, 3.05) is 0 Å². The van der Waals surface area contributed by atoms with Crippen molar-refractivity contribution in [3.63, 3.8) is 0 Å². The van der Waals surface area contributed by atoms with Gasteiger partial charge in [-0.2, -0.15) is 15.3 Å². The Morgan fingerprint density at radius 3 is 2.75 bits per heavy atom. The molecule has 0 saturated carbocycles. The highest BCUT2D eigenvalue weighted by Gasteiger charge is 2.29. The van der Waals surface area contributed by atoms with E-state index in [0.29, 0.717) is 5.92 Å². The van der Waals surface area contributed by atoms with E-state index >= 15 is 0 Å². The third-order valence-electron chi connectivity index (χ3n) is 5.04. The van der Waals surface area contributed by atoms with Gasteiger partial charge in [0.25, 0.3) is 0 Å². The summed E-state index contributed by atoms with van der Waals surface area (Å²) in [4.78, 5) is 6.20.